The smallest absolute Gasteiger partial charge is 0.252 e. The molecule has 1 aliphatic rings. The highest BCUT2D eigenvalue weighted by Gasteiger charge is 2.24. The predicted octanol–water partition coefficient (Wildman–Crippen LogP) is -1.30. The number of ketones is 1. The molecular formula is C6H8N2O2. The third kappa shape index (κ3) is 1.06. The lowest BCUT2D eigenvalue weighted by atomic mass is 10.2. The van der Waals surface area contributed by atoms with Crippen molar-refractivity contribution < 1.29 is 9.59 Å². The van der Waals surface area contributed by atoms with Crippen LogP contribution in [-0.4, -0.2) is 17.7 Å². The quantitative estimate of drug-likeness (QED) is 0.444. The summed E-state index contributed by atoms with van der Waals surface area (Å²) in [5.74, 6) is -0.932. The number of Topliss-reactive ketones (excluding diaryl/α,β-unsaturated/α-hetero) is 1. The van der Waals surface area contributed by atoms with Crippen molar-refractivity contribution in [1.82, 2.24) is 0 Å². The van der Waals surface area contributed by atoms with E-state index in [9.17, 15) is 9.59 Å². The highest BCUT2D eigenvalue weighted by atomic mass is 16.2. The number of nitrogens with two attached hydrogens (primary N) is 2. The van der Waals surface area contributed by atoms with Gasteiger partial charge in [0.25, 0.3) is 5.91 Å². The van der Waals surface area contributed by atoms with Gasteiger partial charge >= 0.3 is 0 Å². The Morgan fingerprint density at radius 3 is 2.50 bits per heavy atom. The van der Waals surface area contributed by atoms with Crippen LogP contribution in [0.15, 0.2) is 11.6 Å². The lowest BCUT2D eigenvalue weighted by Gasteiger charge is -1.90. The minimum absolute atomic E-state index is 0.0486. The third-order valence-corrected chi connectivity index (χ3v) is 1.37. The van der Waals surface area contributed by atoms with Gasteiger partial charge in [0.2, 0.25) is 0 Å². The van der Waals surface area contributed by atoms with Gasteiger partial charge in [-0.1, -0.05) is 6.08 Å². The molecule has 0 saturated carbocycles. The van der Waals surface area contributed by atoms with Gasteiger partial charge in [-0.2, -0.15) is 0 Å². The fraction of sp³-hybridized carbons (Fsp3) is 0.333. The van der Waals surface area contributed by atoms with Gasteiger partial charge in [-0.15, -0.1) is 0 Å². The lowest BCUT2D eigenvalue weighted by molar-refractivity contribution is -0.120. The summed E-state index contributed by atoms with van der Waals surface area (Å²) in [6.07, 6.45) is 1.61. The van der Waals surface area contributed by atoms with E-state index in [1.807, 2.05) is 0 Å². The molecule has 54 valence electrons. The maximum atomic E-state index is 10.8. The summed E-state index contributed by atoms with van der Waals surface area (Å²) in [6, 6.07) is -0.324. The van der Waals surface area contributed by atoms with Gasteiger partial charge < -0.3 is 11.5 Å². The third-order valence-electron chi connectivity index (χ3n) is 1.37. The Labute approximate surface area is 57.9 Å². The molecule has 0 aromatic rings. The first-order chi connectivity index (χ1) is 4.61. The van der Waals surface area contributed by atoms with Crippen molar-refractivity contribution in [1.29, 1.82) is 0 Å². The van der Waals surface area contributed by atoms with Crippen LogP contribution in [0.3, 0.4) is 0 Å². The molecule has 0 radical (unpaired) electrons. The van der Waals surface area contributed by atoms with Crippen molar-refractivity contribution in [3.8, 4) is 0 Å². The molecule has 0 aliphatic heterocycles. The van der Waals surface area contributed by atoms with E-state index in [-0.39, 0.29) is 23.8 Å². The van der Waals surface area contributed by atoms with Crippen LogP contribution in [0.5, 0.6) is 0 Å². The molecule has 0 bridgehead atoms. The van der Waals surface area contributed by atoms with Crippen LogP contribution >= 0.6 is 0 Å². The van der Waals surface area contributed by atoms with E-state index in [2.05, 4.69) is 0 Å². The molecule has 0 aromatic carbocycles. The molecule has 0 fully saturated rings. The highest BCUT2D eigenvalue weighted by Crippen LogP contribution is 2.11. The second kappa shape index (κ2) is 2.22. The zero-order chi connectivity index (χ0) is 7.72. The summed E-state index contributed by atoms with van der Waals surface area (Å²) < 4.78 is 0. The van der Waals surface area contributed by atoms with E-state index in [1.165, 1.54) is 6.08 Å². The van der Waals surface area contributed by atoms with E-state index in [1.54, 1.807) is 0 Å². The molecule has 4 heteroatoms. The summed E-state index contributed by atoms with van der Waals surface area (Å²) in [6.45, 7) is 0. The molecule has 1 aliphatic carbocycles. The van der Waals surface area contributed by atoms with Crippen molar-refractivity contribution in [2.24, 2.45) is 11.5 Å². The first-order valence-corrected chi connectivity index (χ1v) is 2.91. The zero-order valence-electron chi connectivity index (χ0n) is 5.33. The number of amides is 1. The molecular weight excluding hydrogens is 132 g/mol. The standard InChI is InChI=1S/C6H8N2O2/c7-3-1-4(6(8)10)5(9)2-3/h1,3H,2,7H2,(H2,8,10). The first-order valence-electron chi connectivity index (χ1n) is 2.91. The van der Waals surface area contributed by atoms with Crippen LogP contribution in [0.1, 0.15) is 6.42 Å². The van der Waals surface area contributed by atoms with Crippen molar-refractivity contribution in [3.05, 3.63) is 11.6 Å². The Bertz CT molecular complexity index is 220. The molecule has 1 unspecified atom stereocenters. The van der Waals surface area contributed by atoms with Gasteiger partial charge in [0, 0.05) is 12.5 Å². The number of hydrogen-bond donors (Lipinski definition) is 2. The summed E-state index contributed by atoms with van der Waals surface area (Å²) in [5, 5.41) is 0. The van der Waals surface area contributed by atoms with Gasteiger partial charge in [0.1, 0.15) is 0 Å². The van der Waals surface area contributed by atoms with E-state index >= 15 is 0 Å². The van der Waals surface area contributed by atoms with Crippen LogP contribution in [0, 0.1) is 0 Å². The molecule has 4 nitrogen and oxygen atoms in total. The Balaban J connectivity index is 2.85. The van der Waals surface area contributed by atoms with Crippen LogP contribution in [0.25, 0.3) is 0 Å². The van der Waals surface area contributed by atoms with Gasteiger partial charge in [-0.25, -0.2) is 0 Å². The summed E-state index contributed by atoms with van der Waals surface area (Å²) in [7, 11) is 0. The average molecular weight is 140 g/mol. The average Bonchev–Trinajstić information content (AvgIpc) is 2.10. The number of rotatable bonds is 1. The highest BCUT2D eigenvalue weighted by molar-refractivity contribution is 6.20. The molecule has 1 atom stereocenters. The van der Waals surface area contributed by atoms with Crippen LogP contribution in [0.4, 0.5) is 0 Å². The fourth-order valence-electron chi connectivity index (χ4n) is 0.910. The predicted molar refractivity (Wildman–Crippen MR) is 34.9 cm³/mol. The van der Waals surface area contributed by atoms with E-state index in [0.29, 0.717) is 0 Å². The Hall–Kier alpha value is -1.16. The molecule has 1 amide bonds. The Kier molecular flexibility index (Phi) is 1.55. The van der Waals surface area contributed by atoms with Crippen LogP contribution in [0.2, 0.25) is 0 Å². The maximum absolute atomic E-state index is 10.8. The topological polar surface area (TPSA) is 86.2 Å². The zero-order valence-corrected chi connectivity index (χ0v) is 5.33. The summed E-state index contributed by atoms with van der Waals surface area (Å²) in [4.78, 5) is 21.2. The second-order valence-corrected chi connectivity index (χ2v) is 2.24. The van der Waals surface area contributed by atoms with Crippen molar-refractivity contribution in [2.75, 3.05) is 0 Å². The van der Waals surface area contributed by atoms with Gasteiger partial charge in [0.05, 0.1) is 5.57 Å². The maximum Gasteiger partial charge on any atom is 0.252 e. The number of hydrogen-bond acceptors (Lipinski definition) is 3. The molecule has 0 spiro atoms. The van der Waals surface area contributed by atoms with Crippen molar-refractivity contribution >= 4 is 11.7 Å². The Morgan fingerprint density at radius 1 is 1.70 bits per heavy atom. The number of carbonyl (C=O) groups excluding carboxylic acids is 2. The molecule has 0 aromatic heterocycles. The molecule has 4 N–H and O–H groups in total. The Morgan fingerprint density at radius 2 is 2.30 bits per heavy atom. The van der Waals surface area contributed by atoms with Crippen molar-refractivity contribution in [2.45, 2.75) is 12.5 Å². The lowest BCUT2D eigenvalue weighted by Crippen LogP contribution is -2.18. The van der Waals surface area contributed by atoms with Gasteiger partial charge in [-0.05, 0) is 0 Å². The first kappa shape index (κ1) is 6.95. The number of primary amides is 1. The van der Waals surface area contributed by atoms with Crippen LogP contribution < -0.4 is 11.5 Å². The van der Waals surface area contributed by atoms with Gasteiger partial charge in [0.15, 0.2) is 5.78 Å². The summed E-state index contributed by atoms with van der Waals surface area (Å²) in [5.41, 5.74) is 10.3. The van der Waals surface area contributed by atoms with E-state index in [4.69, 9.17) is 11.5 Å². The monoisotopic (exact) mass is 140 g/mol. The largest absolute Gasteiger partial charge is 0.365 e. The normalized spacial score (nSPS) is 24.7. The minimum atomic E-state index is -0.682. The molecule has 0 heterocycles. The SMILES string of the molecule is NC(=O)C1=CC(N)CC1=O. The van der Waals surface area contributed by atoms with E-state index < -0.39 is 5.91 Å². The van der Waals surface area contributed by atoms with Gasteiger partial charge in [-0.3, -0.25) is 9.59 Å². The minimum Gasteiger partial charge on any atom is -0.365 e. The number of carbonyl (C=O) groups is 2. The van der Waals surface area contributed by atoms with Crippen LogP contribution in [-0.2, 0) is 9.59 Å². The van der Waals surface area contributed by atoms with Crippen molar-refractivity contribution in [3.63, 3.8) is 0 Å². The summed E-state index contributed by atoms with van der Waals surface area (Å²) >= 11 is 0. The fourth-order valence-corrected chi connectivity index (χ4v) is 0.910. The second-order valence-electron chi connectivity index (χ2n) is 2.24. The molecule has 1 rings (SSSR count). The molecule has 0 saturated heterocycles. The van der Waals surface area contributed by atoms with E-state index in [0.717, 1.165) is 0 Å². The molecule has 10 heavy (non-hydrogen) atoms.